The Morgan fingerprint density at radius 1 is 0.929 bits per heavy atom. The molecule has 0 atom stereocenters. The molecule has 2 aliphatic carbocycles. The fourth-order valence-corrected chi connectivity index (χ4v) is 3.12. The van der Waals surface area contributed by atoms with Crippen LogP contribution in [-0.4, -0.2) is 4.98 Å². The molecule has 0 aromatic carbocycles. The average molecular weight is 187 g/mol. The number of hydrogen-bond acceptors (Lipinski definition) is 1. The maximum atomic E-state index is 4.84. The molecule has 1 nitrogen and oxygen atoms in total. The maximum Gasteiger partial charge on any atom is 0.0441 e. The zero-order valence-electron chi connectivity index (χ0n) is 8.90. The third kappa shape index (κ3) is 1.05. The van der Waals surface area contributed by atoms with Crippen molar-refractivity contribution in [2.75, 3.05) is 0 Å². The molecule has 3 rings (SSSR count). The van der Waals surface area contributed by atoms with Crippen LogP contribution in [0.25, 0.3) is 0 Å². The molecule has 0 spiro atoms. The largest absolute Gasteiger partial charge is 0.257 e. The van der Waals surface area contributed by atoms with Crippen LogP contribution in [0.5, 0.6) is 0 Å². The van der Waals surface area contributed by atoms with Gasteiger partial charge < -0.3 is 0 Å². The molecule has 1 heteroatoms. The minimum Gasteiger partial charge on any atom is -0.257 e. The van der Waals surface area contributed by atoms with Crippen LogP contribution in [0.15, 0.2) is 0 Å². The van der Waals surface area contributed by atoms with Gasteiger partial charge in [0.05, 0.1) is 0 Å². The van der Waals surface area contributed by atoms with E-state index in [1.165, 1.54) is 56.3 Å². The van der Waals surface area contributed by atoms with Gasteiger partial charge in [-0.05, 0) is 61.6 Å². The van der Waals surface area contributed by atoms with Crippen molar-refractivity contribution in [3.05, 3.63) is 28.1 Å². The van der Waals surface area contributed by atoms with E-state index in [4.69, 9.17) is 4.98 Å². The van der Waals surface area contributed by atoms with Crippen molar-refractivity contribution in [2.45, 2.75) is 51.9 Å². The van der Waals surface area contributed by atoms with Gasteiger partial charge in [-0.3, -0.25) is 4.98 Å². The van der Waals surface area contributed by atoms with E-state index < -0.39 is 0 Å². The minimum absolute atomic E-state index is 1.22. The molecule has 1 aromatic rings. The summed E-state index contributed by atoms with van der Waals surface area (Å²) >= 11 is 0. The lowest BCUT2D eigenvalue weighted by Gasteiger charge is -2.11. The average Bonchev–Trinajstić information content (AvgIpc) is 2.80. The highest BCUT2D eigenvalue weighted by Crippen LogP contribution is 2.32. The number of aryl methyl sites for hydroxylation is 2. The van der Waals surface area contributed by atoms with Crippen molar-refractivity contribution in [1.29, 1.82) is 0 Å². The Bertz CT molecular complexity index is 347. The van der Waals surface area contributed by atoms with E-state index in [0.717, 1.165) is 0 Å². The van der Waals surface area contributed by atoms with Gasteiger partial charge in [-0.15, -0.1) is 0 Å². The summed E-state index contributed by atoms with van der Waals surface area (Å²) < 4.78 is 0. The zero-order valence-corrected chi connectivity index (χ0v) is 8.90. The molecule has 0 fully saturated rings. The third-order valence-electron chi connectivity index (χ3n) is 3.73. The van der Waals surface area contributed by atoms with Crippen LogP contribution in [-0.2, 0) is 32.1 Å². The number of rotatable bonds is 1. The molecule has 0 aliphatic heterocycles. The Morgan fingerprint density at radius 3 is 2.00 bits per heavy atom. The van der Waals surface area contributed by atoms with Crippen LogP contribution in [0.2, 0.25) is 0 Å². The summed E-state index contributed by atoms with van der Waals surface area (Å²) in [4.78, 5) is 4.84. The summed E-state index contributed by atoms with van der Waals surface area (Å²) in [5.41, 5.74) is 7.77. The number of hydrogen-bond donors (Lipinski definition) is 0. The molecule has 0 saturated carbocycles. The van der Waals surface area contributed by atoms with E-state index in [0.29, 0.717) is 0 Å². The zero-order chi connectivity index (χ0) is 9.54. The first kappa shape index (κ1) is 8.46. The summed E-state index contributed by atoms with van der Waals surface area (Å²) in [5.74, 6) is 0. The van der Waals surface area contributed by atoms with E-state index >= 15 is 0 Å². The van der Waals surface area contributed by atoms with Gasteiger partial charge in [0.25, 0.3) is 0 Å². The SMILES string of the molecule is CCc1c2c(nc3c1CCC3)CCC2. The first-order chi connectivity index (χ1) is 6.90. The van der Waals surface area contributed by atoms with E-state index in [1.807, 2.05) is 0 Å². The normalized spacial score (nSPS) is 18.4. The van der Waals surface area contributed by atoms with Gasteiger partial charge in [0.1, 0.15) is 0 Å². The van der Waals surface area contributed by atoms with Gasteiger partial charge >= 0.3 is 0 Å². The van der Waals surface area contributed by atoms with E-state index in [2.05, 4.69) is 6.92 Å². The number of aromatic nitrogens is 1. The molecule has 0 amide bonds. The Balaban J connectivity index is 2.24. The standard InChI is InChI=1S/C13H17N/c1-2-9-10-5-3-7-12(10)14-13-8-4-6-11(9)13/h2-8H2,1H3. The Labute approximate surface area is 85.6 Å². The molecular weight excluding hydrogens is 170 g/mol. The predicted molar refractivity (Wildman–Crippen MR) is 57.7 cm³/mol. The smallest absolute Gasteiger partial charge is 0.0441 e. The topological polar surface area (TPSA) is 12.9 Å². The van der Waals surface area contributed by atoms with Gasteiger partial charge in [-0.25, -0.2) is 0 Å². The molecular formula is C13H17N. The lowest BCUT2D eigenvalue weighted by molar-refractivity contribution is 0.869. The van der Waals surface area contributed by atoms with Crippen LogP contribution in [0.4, 0.5) is 0 Å². The lowest BCUT2D eigenvalue weighted by atomic mass is 9.98. The van der Waals surface area contributed by atoms with Crippen LogP contribution < -0.4 is 0 Å². The van der Waals surface area contributed by atoms with Crippen molar-refractivity contribution in [3.8, 4) is 0 Å². The van der Waals surface area contributed by atoms with Gasteiger partial charge in [0.2, 0.25) is 0 Å². The quantitative estimate of drug-likeness (QED) is 0.658. The summed E-state index contributed by atoms with van der Waals surface area (Å²) in [6, 6.07) is 0. The van der Waals surface area contributed by atoms with Crippen molar-refractivity contribution in [1.82, 2.24) is 4.98 Å². The molecule has 2 aliphatic rings. The number of fused-ring (bicyclic) bond motifs is 2. The number of pyridine rings is 1. The van der Waals surface area contributed by atoms with Gasteiger partial charge in [0, 0.05) is 11.4 Å². The Morgan fingerprint density at radius 2 is 1.50 bits per heavy atom. The maximum absolute atomic E-state index is 4.84. The van der Waals surface area contributed by atoms with Gasteiger partial charge in [-0.1, -0.05) is 6.92 Å². The second kappa shape index (κ2) is 3.08. The number of nitrogens with zero attached hydrogens (tertiary/aromatic N) is 1. The molecule has 1 aromatic heterocycles. The van der Waals surface area contributed by atoms with Crippen LogP contribution in [0, 0.1) is 0 Å². The van der Waals surface area contributed by atoms with Gasteiger partial charge in [0.15, 0.2) is 0 Å². The first-order valence-corrected chi connectivity index (χ1v) is 5.92. The van der Waals surface area contributed by atoms with Crippen LogP contribution in [0.1, 0.15) is 47.8 Å². The fourth-order valence-electron chi connectivity index (χ4n) is 3.12. The monoisotopic (exact) mass is 187 g/mol. The van der Waals surface area contributed by atoms with Crippen molar-refractivity contribution in [3.63, 3.8) is 0 Å². The van der Waals surface area contributed by atoms with E-state index in [-0.39, 0.29) is 0 Å². The second-order valence-electron chi connectivity index (χ2n) is 4.50. The molecule has 0 saturated heterocycles. The molecule has 74 valence electrons. The van der Waals surface area contributed by atoms with E-state index in [1.54, 1.807) is 16.7 Å². The van der Waals surface area contributed by atoms with Gasteiger partial charge in [-0.2, -0.15) is 0 Å². The fraction of sp³-hybridized carbons (Fsp3) is 0.615. The Kier molecular flexibility index (Phi) is 1.86. The highest BCUT2D eigenvalue weighted by Gasteiger charge is 2.23. The molecule has 0 bridgehead atoms. The van der Waals surface area contributed by atoms with E-state index in [9.17, 15) is 0 Å². The molecule has 14 heavy (non-hydrogen) atoms. The molecule has 0 radical (unpaired) electrons. The summed E-state index contributed by atoms with van der Waals surface area (Å²) in [5, 5.41) is 0. The molecule has 0 N–H and O–H groups in total. The highest BCUT2D eigenvalue weighted by atomic mass is 14.7. The predicted octanol–water partition coefficient (Wildman–Crippen LogP) is 2.62. The van der Waals surface area contributed by atoms with Crippen LogP contribution in [0.3, 0.4) is 0 Å². The lowest BCUT2D eigenvalue weighted by Crippen LogP contribution is -2.02. The first-order valence-electron chi connectivity index (χ1n) is 5.92. The second-order valence-corrected chi connectivity index (χ2v) is 4.50. The van der Waals surface area contributed by atoms with Crippen molar-refractivity contribution in [2.24, 2.45) is 0 Å². The summed E-state index contributed by atoms with van der Waals surface area (Å²) in [7, 11) is 0. The summed E-state index contributed by atoms with van der Waals surface area (Å²) in [6.07, 6.45) is 8.92. The third-order valence-corrected chi connectivity index (χ3v) is 3.73. The molecule has 1 heterocycles. The van der Waals surface area contributed by atoms with Crippen molar-refractivity contribution < 1.29 is 0 Å². The molecule has 0 unspecified atom stereocenters. The summed E-state index contributed by atoms with van der Waals surface area (Å²) in [6.45, 7) is 2.30. The van der Waals surface area contributed by atoms with Crippen LogP contribution >= 0.6 is 0 Å². The Hall–Kier alpha value is -0.850. The van der Waals surface area contributed by atoms with Crippen molar-refractivity contribution >= 4 is 0 Å². The highest BCUT2D eigenvalue weighted by molar-refractivity contribution is 5.44. The minimum atomic E-state index is 1.22.